The van der Waals surface area contributed by atoms with Crippen molar-refractivity contribution in [2.24, 2.45) is 0 Å². The van der Waals surface area contributed by atoms with E-state index in [0.29, 0.717) is 10.8 Å². The summed E-state index contributed by atoms with van der Waals surface area (Å²) in [6.45, 7) is 3.77. The molecular formula is C22H23N3O2. The summed E-state index contributed by atoms with van der Waals surface area (Å²) in [5, 5.41) is 8.55. The number of carbonyl (C=O) groups is 1. The fraction of sp³-hybridized carbons (Fsp3) is 0.318. The number of nitrogens with zero attached hydrogens (tertiary/aromatic N) is 2. The van der Waals surface area contributed by atoms with Gasteiger partial charge < -0.3 is 5.32 Å². The van der Waals surface area contributed by atoms with E-state index in [1.807, 2.05) is 38.1 Å². The second-order valence-electron chi connectivity index (χ2n) is 7.34. The Morgan fingerprint density at radius 2 is 1.78 bits per heavy atom. The lowest BCUT2D eigenvalue weighted by atomic mass is 9.90. The van der Waals surface area contributed by atoms with Gasteiger partial charge in [-0.05, 0) is 62.8 Å². The lowest BCUT2D eigenvalue weighted by Gasteiger charge is -2.20. The Hall–Kier alpha value is -2.95. The maximum atomic E-state index is 13.1. The van der Waals surface area contributed by atoms with Crippen molar-refractivity contribution in [3.8, 4) is 0 Å². The van der Waals surface area contributed by atoms with E-state index in [4.69, 9.17) is 0 Å². The average Bonchev–Trinajstić information content (AvgIpc) is 2.68. The molecule has 1 aliphatic rings. The monoisotopic (exact) mass is 361 g/mol. The SMILES string of the molecule is CC(C)n1nc(C(=O)Nc2cccc3c2CCCC3)c2ccccc2c1=O. The second kappa shape index (κ2) is 6.99. The third-order valence-corrected chi connectivity index (χ3v) is 5.18. The van der Waals surface area contributed by atoms with Crippen LogP contribution in [0.2, 0.25) is 0 Å². The average molecular weight is 361 g/mol. The molecule has 5 heteroatoms. The van der Waals surface area contributed by atoms with E-state index in [9.17, 15) is 9.59 Å². The standard InChI is InChI=1S/C22H23N3O2/c1-14(2)25-22(27)18-12-6-5-11-17(18)20(24-25)21(26)23-19-13-7-9-15-8-3-4-10-16(15)19/h5-7,9,11-14H,3-4,8,10H2,1-2H3,(H,23,26). The number of carbonyl (C=O) groups excluding carboxylic acids is 1. The number of benzene rings is 2. The number of rotatable bonds is 3. The molecule has 0 spiro atoms. The van der Waals surface area contributed by atoms with Crippen LogP contribution < -0.4 is 10.9 Å². The molecule has 1 amide bonds. The largest absolute Gasteiger partial charge is 0.320 e. The number of hydrogen-bond acceptors (Lipinski definition) is 3. The quantitative estimate of drug-likeness (QED) is 0.763. The topological polar surface area (TPSA) is 64.0 Å². The number of hydrogen-bond donors (Lipinski definition) is 1. The fourth-order valence-corrected chi connectivity index (χ4v) is 3.80. The van der Waals surface area contributed by atoms with Crippen molar-refractivity contribution in [3.63, 3.8) is 0 Å². The molecule has 2 aromatic carbocycles. The predicted molar refractivity (Wildman–Crippen MR) is 107 cm³/mol. The second-order valence-corrected chi connectivity index (χ2v) is 7.34. The van der Waals surface area contributed by atoms with Crippen molar-refractivity contribution in [3.05, 3.63) is 69.6 Å². The summed E-state index contributed by atoms with van der Waals surface area (Å²) < 4.78 is 1.39. The van der Waals surface area contributed by atoms with Gasteiger partial charge in [-0.3, -0.25) is 9.59 Å². The van der Waals surface area contributed by atoms with Gasteiger partial charge in [0.25, 0.3) is 11.5 Å². The highest BCUT2D eigenvalue weighted by molar-refractivity contribution is 6.11. The molecule has 0 bridgehead atoms. The Balaban J connectivity index is 1.80. The van der Waals surface area contributed by atoms with Crippen molar-refractivity contribution < 1.29 is 4.79 Å². The van der Waals surface area contributed by atoms with Gasteiger partial charge >= 0.3 is 0 Å². The van der Waals surface area contributed by atoms with E-state index >= 15 is 0 Å². The zero-order valence-electron chi connectivity index (χ0n) is 15.7. The summed E-state index contributed by atoms with van der Waals surface area (Å²) in [4.78, 5) is 25.8. The number of fused-ring (bicyclic) bond motifs is 2. The first-order valence-electron chi connectivity index (χ1n) is 9.50. The molecule has 1 N–H and O–H groups in total. The van der Waals surface area contributed by atoms with Gasteiger partial charge in [0.2, 0.25) is 0 Å². The summed E-state index contributed by atoms with van der Waals surface area (Å²) in [6, 6.07) is 13.1. The summed E-state index contributed by atoms with van der Waals surface area (Å²) in [6.07, 6.45) is 4.36. The van der Waals surface area contributed by atoms with Gasteiger partial charge in [-0.15, -0.1) is 0 Å². The maximum absolute atomic E-state index is 13.1. The van der Waals surface area contributed by atoms with Crippen molar-refractivity contribution >= 4 is 22.4 Å². The van der Waals surface area contributed by atoms with Crippen LogP contribution in [0.25, 0.3) is 10.8 Å². The Morgan fingerprint density at radius 1 is 1.04 bits per heavy atom. The molecule has 0 aliphatic heterocycles. The van der Waals surface area contributed by atoms with Crippen LogP contribution in [-0.4, -0.2) is 15.7 Å². The lowest BCUT2D eigenvalue weighted by molar-refractivity contribution is 0.102. The van der Waals surface area contributed by atoms with Gasteiger partial charge in [-0.2, -0.15) is 5.10 Å². The molecule has 0 radical (unpaired) electrons. The zero-order valence-corrected chi connectivity index (χ0v) is 15.7. The molecule has 0 atom stereocenters. The first-order chi connectivity index (χ1) is 13.1. The number of anilines is 1. The molecule has 0 saturated carbocycles. The molecule has 1 aliphatic carbocycles. The summed E-state index contributed by atoms with van der Waals surface area (Å²) >= 11 is 0. The lowest BCUT2D eigenvalue weighted by Crippen LogP contribution is -2.29. The van der Waals surface area contributed by atoms with Crippen LogP contribution in [-0.2, 0) is 12.8 Å². The summed E-state index contributed by atoms with van der Waals surface area (Å²) in [7, 11) is 0. The number of aromatic nitrogens is 2. The Morgan fingerprint density at radius 3 is 2.56 bits per heavy atom. The van der Waals surface area contributed by atoms with Crippen LogP contribution >= 0.6 is 0 Å². The molecule has 138 valence electrons. The first-order valence-corrected chi connectivity index (χ1v) is 9.50. The number of nitrogens with one attached hydrogen (secondary N) is 1. The molecule has 0 unspecified atom stereocenters. The van der Waals surface area contributed by atoms with Crippen molar-refractivity contribution in [1.82, 2.24) is 9.78 Å². The van der Waals surface area contributed by atoms with Crippen LogP contribution in [0.1, 0.15) is 54.3 Å². The van der Waals surface area contributed by atoms with E-state index in [0.717, 1.165) is 24.9 Å². The van der Waals surface area contributed by atoms with Gasteiger partial charge in [0.15, 0.2) is 5.69 Å². The maximum Gasteiger partial charge on any atom is 0.276 e. The van der Waals surface area contributed by atoms with Gasteiger partial charge in [0.05, 0.1) is 11.4 Å². The van der Waals surface area contributed by atoms with Crippen LogP contribution in [0.3, 0.4) is 0 Å². The minimum atomic E-state index is -0.278. The Bertz CT molecular complexity index is 1080. The van der Waals surface area contributed by atoms with E-state index in [1.165, 1.54) is 22.2 Å². The molecule has 1 heterocycles. The Kier molecular flexibility index (Phi) is 4.52. The summed E-state index contributed by atoms with van der Waals surface area (Å²) in [5.41, 5.74) is 3.49. The smallest absolute Gasteiger partial charge is 0.276 e. The van der Waals surface area contributed by atoms with Crippen LogP contribution in [0, 0.1) is 0 Å². The van der Waals surface area contributed by atoms with Gasteiger partial charge in [-0.1, -0.05) is 30.3 Å². The molecule has 1 aromatic heterocycles. The van der Waals surface area contributed by atoms with Gasteiger partial charge in [-0.25, -0.2) is 4.68 Å². The predicted octanol–water partition coefficient (Wildman–Crippen LogP) is 4.11. The van der Waals surface area contributed by atoms with Crippen LogP contribution in [0.4, 0.5) is 5.69 Å². The van der Waals surface area contributed by atoms with Crippen molar-refractivity contribution in [2.75, 3.05) is 5.32 Å². The van der Waals surface area contributed by atoms with E-state index in [2.05, 4.69) is 16.5 Å². The van der Waals surface area contributed by atoms with Crippen LogP contribution in [0.15, 0.2) is 47.3 Å². The highest BCUT2D eigenvalue weighted by Crippen LogP contribution is 2.28. The highest BCUT2D eigenvalue weighted by atomic mass is 16.2. The number of amides is 1. The minimum absolute atomic E-state index is 0.127. The summed E-state index contributed by atoms with van der Waals surface area (Å²) in [5.74, 6) is -0.278. The zero-order chi connectivity index (χ0) is 19.0. The fourth-order valence-electron chi connectivity index (χ4n) is 3.80. The normalized spacial score (nSPS) is 13.6. The van der Waals surface area contributed by atoms with Crippen molar-refractivity contribution in [1.29, 1.82) is 0 Å². The first kappa shape index (κ1) is 17.5. The van der Waals surface area contributed by atoms with E-state index < -0.39 is 0 Å². The molecule has 0 fully saturated rings. The molecule has 27 heavy (non-hydrogen) atoms. The Labute approximate surface area is 158 Å². The third-order valence-electron chi connectivity index (χ3n) is 5.18. The third kappa shape index (κ3) is 3.14. The van der Waals surface area contributed by atoms with E-state index in [-0.39, 0.29) is 23.2 Å². The van der Waals surface area contributed by atoms with Gasteiger partial charge in [0.1, 0.15) is 0 Å². The molecule has 4 rings (SSSR count). The van der Waals surface area contributed by atoms with Gasteiger partial charge in [0, 0.05) is 11.1 Å². The van der Waals surface area contributed by atoms with Crippen molar-refractivity contribution in [2.45, 2.75) is 45.6 Å². The molecule has 0 saturated heterocycles. The molecule has 3 aromatic rings. The molecular weight excluding hydrogens is 338 g/mol. The number of aryl methyl sites for hydroxylation is 1. The minimum Gasteiger partial charge on any atom is -0.320 e. The van der Waals surface area contributed by atoms with E-state index in [1.54, 1.807) is 12.1 Å². The highest BCUT2D eigenvalue weighted by Gasteiger charge is 2.20. The van der Waals surface area contributed by atoms with Crippen LogP contribution in [0.5, 0.6) is 0 Å². The molecule has 5 nitrogen and oxygen atoms in total.